The van der Waals surface area contributed by atoms with Crippen molar-refractivity contribution < 1.29 is 13.0 Å². The van der Waals surface area contributed by atoms with Crippen LogP contribution in [-0.2, 0) is 10.1 Å². The molecule has 87 valence electrons. The van der Waals surface area contributed by atoms with E-state index in [1.54, 1.807) is 43.3 Å². The summed E-state index contributed by atoms with van der Waals surface area (Å²) in [5.74, 6) is 0. The van der Waals surface area contributed by atoms with Crippen LogP contribution in [0.15, 0.2) is 47.4 Å². The van der Waals surface area contributed by atoms with E-state index in [1.165, 1.54) is 0 Å². The molecule has 0 saturated heterocycles. The van der Waals surface area contributed by atoms with Gasteiger partial charge in [-0.25, -0.2) is 0 Å². The molecule has 0 heterocycles. The van der Waals surface area contributed by atoms with E-state index in [2.05, 4.69) is 6.07 Å². The Balaban J connectivity index is 2.76. The summed E-state index contributed by atoms with van der Waals surface area (Å²) in [5, 5.41) is 0. The minimum Gasteiger partial charge on any atom is -0.282 e. The molecule has 0 aromatic heterocycles. The maximum absolute atomic E-state index is 11.4. The largest absolute Gasteiger partial charge is 0.295 e. The average molecular weight is 247 g/mol. The number of aryl methyl sites for hydroxylation is 1. The van der Waals surface area contributed by atoms with Crippen LogP contribution in [0.25, 0.3) is 11.1 Å². The highest BCUT2D eigenvalue weighted by Gasteiger charge is 2.18. The third kappa shape index (κ3) is 2.38. The van der Waals surface area contributed by atoms with Crippen molar-refractivity contribution in [2.75, 3.05) is 0 Å². The molecular formula is C13H11O3S. The maximum atomic E-state index is 11.4. The zero-order valence-corrected chi connectivity index (χ0v) is 10.0. The van der Waals surface area contributed by atoms with Gasteiger partial charge in [-0.05, 0) is 24.1 Å². The summed E-state index contributed by atoms with van der Waals surface area (Å²) in [4.78, 5) is -0.0776. The van der Waals surface area contributed by atoms with Gasteiger partial charge < -0.3 is 0 Å². The van der Waals surface area contributed by atoms with Crippen molar-refractivity contribution >= 4 is 10.1 Å². The first-order chi connectivity index (χ1) is 8.00. The van der Waals surface area contributed by atoms with Crippen LogP contribution in [0.3, 0.4) is 0 Å². The molecule has 3 nitrogen and oxygen atoms in total. The second-order valence-corrected chi connectivity index (χ2v) is 5.06. The summed E-state index contributed by atoms with van der Waals surface area (Å²) >= 11 is 0. The minimum absolute atomic E-state index is 0.0776. The molecule has 2 rings (SSSR count). The third-order valence-corrected chi connectivity index (χ3v) is 3.51. The van der Waals surface area contributed by atoms with Crippen molar-refractivity contribution in [3.8, 4) is 11.1 Å². The molecule has 0 fully saturated rings. The van der Waals surface area contributed by atoms with Gasteiger partial charge in [0.1, 0.15) is 4.90 Å². The van der Waals surface area contributed by atoms with Gasteiger partial charge in [0.15, 0.2) is 0 Å². The molecule has 4 heteroatoms. The normalized spacial score (nSPS) is 11.4. The second-order valence-electron chi connectivity index (χ2n) is 3.71. The van der Waals surface area contributed by atoms with E-state index in [-0.39, 0.29) is 4.90 Å². The minimum atomic E-state index is -4.24. The molecule has 0 saturated carbocycles. The number of hydrogen-bond donors (Lipinski definition) is 1. The lowest BCUT2D eigenvalue weighted by Crippen LogP contribution is -2.03. The van der Waals surface area contributed by atoms with Crippen LogP contribution in [0.4, 0.5) is 0 Å². The smallest absolute Gasteiger partial charge is 0.282 e. The van der Waals surface area contributed by atoms with Crippen LogP contribution in [-0.4, -0.2) is 13.0 Å². The fourth-order valence-corrected chi connectivity index (χ4v) is 2.65. The zero-order chi connectivity index (χ0) is 12.5. The van der Waals surface area contributed by atoms with Gasteiger partial charge in [0, 0.05) is 5.56 Å². The summed E-state index contributed by atoms with van der Waals surface area (Å²) in [6.07, 6.45) is 0. The molecular weight excluding hydrogens is 236 g/mol. The lowest BCUT2D eigenvalue weighted by molar-refractivity contribution is 0.483. The van der Waals surface area contributed by atoms with Crippen molar-refractivity contribution in [1.29, 1.82) is 0 Å². The molecule has 0 aliphatic rings. The molecule has 0 atom stereocenters. The second kappa shape index (κ2) is 4.31. The molecule has 0 amide bonds. The van der Waals surface area contributed by atoms with E-state index in [4.69, 9.17) is 0 Å². The van der Waals surface area contributed by atoms with E-state index in [0.29, 0.717) is 16.7 Å². The van der Waals surface area contributed by atoms with Gasteiger partial charge >= 0.3 is 0 Å². The van der Waals surface area contributed by atoms with E-state index in [0.717, 1.165) is 0 Å². The van der Waals surface area contributed by atoms with E-state index in [9.17, 15) is 13.0 Å². The summed E-state index contributed by atoms with van der Waals surface area (Å²) in [6, 6.07) is 15.1. The Morgan fingerprint density at radius 1 is 1.12 bits per heavy atom. The molecule has 0 aliphatic carbocycles. The highest BCUT2D eigenvalue weighted by Crippen LogP contribution is 2.28. The van der Waals surface area contributed by atoms with Crippen LogP contribution >= 0.6 is 0 Å². The van der Waals surface area contributed by atoms with Crippen molar-refractivity contribution in [3.05, 3.63) is 54.1 Å². The number of benzene rings is 2. The average Bonchev–Trinajstić information content (AvgIpc) is 2.28. The molecule has 1 radical (unpaired) electrons. The number of hydrogen-bond acceptors (Lipinski definition) is 2. The van der Waals surface area contributed by atoms with Crippen LogP contribution in [0.5, 0.6) is 0 Å². The molecule has 0 spiro atoms. The Labute approximate surface area is 100 Å². The quantitative estimate of drug-likeness (QED) is 0.830. The molecule has 0 bridgehead atoms. The van der Waals surface area contributed by atoms with Gasteiger partial charge in [-0.3, -0.25) is 4.55 Å². The van der Waals surface area contributed by atoms with Crippen LogP contribution in [0, 0.1) is 13.0 Å². The van der Waals surface area contributed by atoms with Crippen molar-refractivity contribution in [2.24, 2.45) is 0 Å². The lowest BCUT2D eigenvalue weighted by Gasteiger charge is -2.09. The van der Waals surface area contributed by atoms with Gasteiger partial charge in [-0.2, -0.15) is 8.42 Å². The molecule has 2 aromatic carbocycles. The number of rotatable bonds is 2. The Morgan fingerprint density at radius 2 is 1.76 bits per heavy atom. The monoisotopic (exact) mass is 247 g/mol. The fraction of sp³-hybridized carbons (Fsp3) is 0.0769. The van der Waals surface area contributed by atoms with Crippen molar-refractivity contribution in [3.63, 3.8) is 0 Å². The molecule has 0 unspecified atom stereocenters. The van der Waals surface area contributed by atoms with Crippen LogP contribution < -0.4 is 0 Å². The Hall–Kier alpha value is -1.65. The fourth-order valence-electron chi connectivity index (χ4n) is 1.74. The molecule has 17 heavy (non-hydrogen) atoms. The first kappa shape index (κ1) is 11.8. The van der Waals surface area contributed by atoms with Gasteiger partial charge in [-0.1, -0.05) is 42.5 Å². The summed E-state index contributed by atoms with van der Waals surface area (Å²) < 4.78 is 32.0. The Bertz CT molecular complexity index is 631. The van der Waals surface area contributed by atoms with Gasteiger partial charge in [0.25, 0.3) is 10.1 Å². The molecule has 0 aliphatic heterocycles. The Morgan fingerprint density at radius 3 is 2.35 bits per heavy atom. The van der Waals surface area contributed by atoms with Gasteiger partial charge in [-0.15, -0.1) is 0 Å². The predicted octanol–water partition coefficient (Wildman–Crippen LogP) is 2.71. The van der Waals surface area contributed by atoms with Gasteiger partial charge in [0.05, 0.1) is 0 Å². The first-order valence-corrected chi connectivity index (χ1v) is 6.48. The Kier molecular flexibility index (Phi) is 3.00. The third-order valence-electron chi connectivity index (χ3n) is 2.47. The maximum Gasteiger partial charge on any atom is 0.295 e. The standard InChI is InChI=1S/C13H11O3S/c1-10-6-5-9-12(13(10)17(14,15)16)11-7-3-2-4-8-11/h2-8H,1H3,(H,14,15,16). The van der Waals surface area contributed by atoms with Gasteiger partial charge in [0.2, 0.25) is 0 Å². The first-order valence-electron chi connectivity index (χ1n) is 5.04. The van der Waals surface area contributed by atoms with E-state index >= 15 is 0 Å². The van der Waals surface area contributed by atoms with Crippen LogP contribution in [0.2, 0.25) is 0 Å². The lowest BCUT2D eigenvalue weighted by atomic mass is 10.0. The topological polar surface area (TPSA) is 54.4 Å². The van der Waals surface area contributed by atoms with Crippen LogP contribution in [0.1, 0.15) is 5.56 Å². The zero-order valence-electron chi connectivity index (χ0n) is 9.21. The van der Waals surface area contributed by atoms with E-state index < -0.39 is 10.1 Å². The summed E-state index contributed by atoms with van der Waals surface area (Å²) in [5.41, 5.74) is 1.61. The predicted molar refractivity (Wildman–Crippen MR) is 65.3 cm³/mol. The highest BCUT2D eigenvalue weighted by atomic mass is 32.2. The summed E-state index contributed by atoms with van der Waals surface area (Å²) in [6.45, 7) is 1.64. The SMILES string of the molecule is Cc1cc[c]c(-c2ccccc2)c1S(=O)(=O)O. The molecule has 2 aromatic rings. The van der Waals surface area contributed by atoms with E-state index in [1.807, 2.05) is 6.07 Å². The summed E-state index contributed by atoms with van der Waals surface area (Å²) in [7, 11) is -4.24. The van der Waals surface area contributed by atoms with Crippen molar-refractivity contribution in [1.82, 2.24) is 0 Å². The molecule has 1 N–H and O–H groups in total. The van der Waals surface area contributed by atoms with Crippen molar-refractivity contribution in [2.45, 2.75) is 11.8 Å². The highest BCUT2D eigenvalue weighted by molar-refractivity contribution is 7.86.